The lowest BCUT2D eigenvalue weighted by molar-refractivity contribution is 0.394. The Bertz CT molecular complexity index is 531. The number of likely N-dealkylation sites (N-methyl/N-ethyl adjacent to an activating group) is 1. The van der Waals surface area contributed by atoms with Crippen molar-refractivity contribution in [2.24, 2.45) is 5.73 Å². The van der Waals surface area contributed by atoms with E-state index in [-0.39, 0.29) is 39.9 Å². The molecule has 9 heteroatoms. The molecule has 0 aliphatic carbocycles. The Morgan fingerprint density at radius 3 is 2.16 bits per heavy atom. The predicted octanol–water partition coefficient (Wildman–Crippen LogP) is 3.15. The summed E-state index contributed by atoms with van der Waals surface area (Å²) in [6.45, 7) is 1.92. The molecule has 2 N–H and O–H groups in total. The zero-order valence-electron chi connectivity index (χ0n) is 10.2. The fourth-order valence-corrected chi connectivity index (χ4v) is 4.56. The van der Waals surface area contributed by atoms with Crippen LogP contribution in [0.5, 0.6) is 0 Å². The first-order valence-corrected chi connectivity index (χ1v) is 8.03. The van der Waals surface area contributed by atoms with Crippen LogP contribution in [-0.4, -0.2) is 32.4 Å². The highest BCUT2D eigenvalue weighted by molar-refractivity contribution is 9.10. The lowest BCUT2D eigenvalue weighted by atomic mass is 10.3. The van der Waals surface area contributed by atoms with Crippen LogP contribution in [-0.2, 0) is 10.0 Å². The second kappa shape index (κ2) is 7.45. The van der Waals surface area contributed by atoms with E-state index >= 15 is 0 Å². The van der Waals surface area contributed by atoms with Crippen molar-refractivity contribution in [1.29, 1.82) is 0 Å². The third-order valence-corrected chi connectivity index (χ3v) is 5.91. The molecule has 1 aromatic rings. The van der Waals surface area contributed by atoms with Crippen LogP contribution < -0.4 is 5.73 Å². The normalized spacial score (nSPS) is 13.2. The smallest absolute Gasteiger partial charge is 0.246 e. The molecule has 0 aromatic heterocycles. The van der Waals surface area contributed by atoms with E-state index in [0.717, 1.165) is 4.31 Å². The van der Waals surface area contributed by atoms with E-state index in [4.69, 9.17) is 28.9 Å². The minimum absolute atomic E-state index is 0. The molecule has 0 radical (unpaired) electrons. The van der Waals surface area contributed by atoms with E-state index in [1.165, 1.54) is 19.2 Å². The average molecular weight is 413 g/mol. The van der Waals surface area contributed by atoms with Gasteiger partial charge in [0.15, 0.2) is 0 Å². The topological polar surface area (TPSA) is 63.4 Å². The number of rotatable bonds is 4. The molecule has 0 saturated heterocycles. The maximum atomic E-state index is 12.4. The zero-order valence-corrected chi connectivity index (χ0v) is 15.0. The Hall–Kier alpha value is 0.440. The number of hydrogen-bond acceptors (Lipinski definition) is 3. The molecule has 0 aliphatic rings. The van der Waals surface area contributed by atoms with Crippen LogP contribution in [0.4, 0.5) is 0 Å². The summed E-state index contributed by atoms with van der Waals surface area (Å²) in [5, 5.41) is 0.149. The molecule has 0 amide bonds. The summed E-state index contributed by atoms with van der Waals surface area (Å²) in [5.74, 6) is 0. The summed E-state index contributed by atoms with van der Waals surface area (Å²) >= 11 is 15.1. The molecule has 1 atom stereocenters. The second-order valence-electron chi connectivity index (χ2n) is 3.80. The standard InChI is InChI=1S/C10H13BrCl2N2O2S.ClH/c1-6(5-14)15(2)18(16,17)10-8(12)3-7(11)4-9(10)13;/h3-4,6H,5,14H2,1-2H3;1H. The van der Waals surface area contributed by atoms with Gasteiger partial charge in [-0.3, -0.25) is 0 Å². The van der Waals surface area contributed by atoms with Crippen molar-refractivity contribution in [1.82, 2.24) is 4.31 Å². The van der Waals surface area contributed by atoms with Crippen LogP contribution in [0, 0.1) is 0 Å². The number of sulfonamides is 1. The summed E-state index contributed by atoms with van der Waals surface area (Å²) in [4.78, 5) is -0.100. The molecular weight excluding hydrogens is 398 g/mol. The number of nitrogens with zero attached hydrogens (tertiary/aromatic N) is 1. The van der Waals surface area contributed by atoms with E-state index in [2.05, 4.69) is 15.9 Å². The van der Waals surface area contributed by atoms with Crippen LogP contribution >= 0.6 is 51.5 Å². The summed E-state index contributed by atoms with van der Waals surface area (Å²) in [7, 11) is -2.31. The molecule has 0 bridgehead atoms. The SMILES string of the molecule is CC(CN)N(C)S(=O)(=O)c1c(Cl)cc(Br)cc1Cl.Cl. The quantitative estimate of drug-likeness (QED) is 0.826. The minimum Gasteiger partial charge on any atom is -0.329 e. The molecule has 0 spiro atoms. The molecule has 0 fully saturated rings. The Morgan fingerprint density at radius 1 is 1.37 bits per heavy atom. The molecule has 19 heavy (non-hydrogen) atoms. The van der Waals surface area contributed by atoms with Crippen molar-refractivity contribution >= 4 is 61.6 Å². The van der Waals surface area contributed by atoms with Gasteiger partial charge in [-0.25, -0.2) is 8.42 Å². The van der Waals surface area contributed by atoms with Gasteiger partial charge in [0.1, 0.15) is 4.90 Å². The monoisotopic (exact) mass is 410 g/mol. The van der Waals surface area contributed by atoms with E-state index in [0.29, 0.717) is 4.47 Å². The third-order valence-electron chi connectivity index (χ3n) is 2.56. The van der Waals surface area contributed by atoms with Crippen molar-refractivity contribution in [3.05, 3.63) is 26.7 Å². The first-order valence-electron chi connectivity index (χ1n) is 5.04. The van der Waals surface area contributed by atoms with E-state index < -0.39 is 10.0 Å². The molecule has 110 valence electrons. The second-order valence-corrected chi connectivity index (χ2v) is 7.47. The summed E-state index contributed by atoms with van der Waals surface area (Å²) in [6, 6.07) is 2.63. The number of hydrogen-bond donors (Lipinski definition) is 1. The van der Waals surface area contributed by atoms with Gasteiger partial charge in [0.05, 0.1) is 10.0 Å². The van der Waals surface area contributed by atoms with Crippen LogP contribution in [0.3, 0.4) is 0 Å². The van der Waals surface area contributed by atoms with Crippen molar-refractivity contribution in [3.63, 3.8) is 0 Å². The highest BCUT2D eigenvalue weighted by atomic mass is 79.9. The Balaban J connectivity index is 0.00000324. The van der Waals surface area contributed by atoms with E-state index in [1.807, 2.05) is 0 Å². The summed E-state index contributed by atoms with van der Waals surface area (Å²) in [5.41, 5.74) is 5.47. The average Bonchev–Trinajstić information content (AvgIpc) is 2.24. The molecule has 0 aliphatic heterocycles. The molecular formula is C10H14BrCl3N2O2S. The molecule has 4 nitrogen and oxygen atoms in total. The van der Waals surface area contributed by atoms with Gasteiger partial charge in [0.25, 0.3) is 0 Å². The van der Waals surface area contributed by atoms with Crippen molar-refractivity contribution in [2.45, 2.75) is 17.9 Å². The van der Waals surface area contributed by atoms with Gasteiger partial charge in [0, 0.05) is 24.1 Å². The van der Waals surface area contributed by atoms with Gasteiger partial charge < -0.3 is 5.73 Å². The van der Waals surface area contributed by atoms with Gasteiger partial charge in [0.2, 0.25) is 10.0 Å². The molecule has 1 rings (SSSR count). The van der Waals surface area contributed by atoms with Crippen LogP contribution in [0.25, 0.3) is 0 Å². The highest BCUT2D eigenvalue weighted by Crippen LogP contribution is 2.34. The maximum absolute atomic E-state index is 12.4. The molecule has 1 aromatic carbocycles. The van der Waals surface area contributed by atoms with Crippen molar-refractivity contribution in [3.8, 4) is 0 Å². The highest BCUT2D eigenvalue weighted by Gasteiger charge is 2.29. The summed E-state index contributed by atoms with van der Waals surface area (Å²) < 4.78 is 26.5. The van der Waals surface area contributed by atoms with E-state index in [1.54, 1.807) is 6.92 Å². The largest absolute Gasteiger partial charge is 0.329 e. The predicted molar refractivity (Wildman–Crippen MR) is 84.9 cm³/mol. The first kappa shape index (κ1) is 19.4. The van der Waals surface area contributed by atoms with Gasteiger partial charge in [-0.05, 0) is 19.1 Å². The Kier molecular flexibility index (Phi) is 7.62. The lowest BCUT2D eigenvalue weighted by Gasteiger charge is -2.24. The van der Waals surface area contributed by atoms with Gasteiger partial charge >= 0.3 is 0 Å². The van der Waals surface area contributed by atoms with E-state index in [9.17, 15) is 8.42 Å². The fourth-order valence-electron chi connectivity index (χ4n) is 1.30. The third kappa shape index (κ3) is 4.20. The Labute approximate surface area is 137 Å². The number of benzene rings is 1. The van der Waals surface area contributed by atoms with Crippen LogP contribution in [0.15, 0.2) is 21.5 Å². The lowest BCUT2D eigenvalue weighted by Crippen LogP contribution is -2.39. The van der Waals surface area contributed by atoms with Crippen molar-refractivity contribution in [2.75, 3.05) is 13.6 Å². The van der Waals surface area contributed by atoms with Crippen LogP contribution in [0.1, 0.15) is 6.92 Å². The maximum Gasteiger partial charge on any atom is 0.246 e. The molecule has 1 unspecified atom stereocenters. The van der Waals surface area contributed by atoms with Gasteiger partial charge in [-0.2, -0.15) is 4.31 Å². The summed E-state index contributed by atoms with van der Waals surface area (Å²) in [6.07, 6.45) is 0. The first-order chi connectivity index (χ1) is 8.21. The van der Waals surface area contributed by atoms with Gasteiger partial charge in [-0.15, -0.1) is 12.4 Å². The van der Waals surface area contributed by atoms with Gasteiger partial charge in [-0.1, -0.05) is 39.1 Å². The van der Waals surface area contributed by atoms with Crippen molar-refractivity contribution < 1.29 is 8.42 Å². The zero-order chi connectivity index (χ0) is 14.1. The van der Waals surface area contributed by atoms with Crippen LogP contribution in [0.2, 0.25) is 10.0 Å². The number of nitrogens with two attached hydrogens (primary N) is 1. The fraction of sp³-hybridized carbons (Fsp3) is 0.400. The number of halogens is 4. The Morgan fingerprint density at radius 2 is 1.79 bits per heavy atom. The minimum atomic E-state index is -3.76. The molecule has 0 saturated carbocycles. The molecule has 0 heterocycles.